The maximum Gasteiger partial charge on any atom is 0.256 e. The minimum Gasteiger partial charge on any atom is -0.440 e. The molecule has 0 saturated heterocycles. The Morgan fingerprint density at radius 3 is 3.12 bits per heavy atom. The molecule has 6 nitrogen and oxygen atoms in total. The largest absolute Gasteiger partial charge is 0.440 e. The third-order valence-corrected chi connectivity index (χ3v) is 5.25. The number of nitrogens with one attached hydrogen (secondary N) is 2. The summed E-state index contributed by atoms with van der Waals surface area (Å²) in [5.41, 5.74) is 2.52. The van der Waals surface area contributed by atoms with Gasteiger partial charge in [-0.25, -0.2) is 4.98 Å². The minimum absolute atomic E-state index is 0.102. The predicted molar refractivity (Wildman–Crippen MR) is 94.6 cm³/mol. The highest BCUT2D eigenvalue weighted by Crippen LogP contribution is 2.27. The Kier molecular flexibility index (Phi) is 3.95. The maximum atomic E-state index is 12.1. The summed E-state index contributed by atoms with van der Waals surface area (Å²) in [5, 5.41) is 2.01. The van der Waals surface area contributed by atoms with Crippen molar-refractivity contribution in [2.75, 3.05) is 6.54 Å². The summed E-state index contributed by atoms with van der Waals surface area (Å²) in [4.78, 5) is 25.7. The molecule has 1 aliphatic heterocycles. The van der Waals surface area contributed by atoms with Gasteiger partial charge in [-0.15, -0.1) is 11.3 Å². The van der Waals surface area contributed by atoms with Crippen LogP contribution in [0.25, 0.3) is 10.8 Å². The van der Waals surface area contributed by atoms with E-state index in [2.05, 4.69) is 19.9 Å². The van der Waals surface area contributed by atoms with E-state index < -0.39 is 0 Å². The quantitative estimate of drug-likeness (QED) is 0.702. The van der Waals surface area contributed by atoms with Crippen LogP contribution in [0.1, 0.15) is 22.7 Å². The average Bonchev–Trinajstić information content (AvgIpc) is 3.18. The van der Waals surface area contributed by atoms with E-state index in [0.717, 1.165) is 40.6 Å². The lowest BCUT2D eigenvalue weighted by Gasteiger charge is -2.27. The number of hydrogen-bond acceptors (Lipinski definition) is 6. The third kappa shape index (κ3) is 2.88. The molecule has 0 unspecified atom stereocenters. The van der Waals surface area contributed by atoms with E-state index in [0.29, 0.717) is 23.8 Å². The van der Waals surface area contributed by atoms with Gasteiger partial charge in [0.25, 0.3) is 5.56 Å². The van der Waals surface area contributed by atoms with E-state index in [9.17, 15) is 4.79 Å². The smallest absolute Gasteiger partial charge is 0.256 e. The molecule has 24 heavy (non-hydrogen) atoms. The van der Waals surface area contributed by atoms with Crippen molar-refractivity contribution in [2.24, 2.45) is 0 Å². The van der Waals surface area contributed by atoms with Gasteiger partial charge in [0, 0.05) is 31.7 Å². The number of aryl methyl sites for hydroxylation is 1. The second-order valence-electron chi connectivity index (χ2n) is 5.83. The molecule has 8 heteroatoms. The zero-order chi connectivity index (χ0) is 16.7. The van der Waals surface area contributed by atoms with Crippen LogP contribution >= 0.6 is 23.6 Å². The molecule has 0 fully saturated rings. The molecule has 124 valence electrons. The first-order valence-electron chi connectivity index (χ1n) is 7.67. The fourth-order valence-electron chi connectivity index (χ4n) is 2.94. The Hall–Kier alpha value is -2.03. The highest BCUT2D eigenvalue weighted by molar-refractivity contribution is 7.71. The number of thiophene rings is 1. The molecule has 0 radical (unpaired) electrons. The van der Waals surface area contributed by atoms with Crippen molar-refractivity contribution in [1.82, 2.24) is 19.9 Å². The van der Waals surface area contributed by atoms with Gasteiger partial charge in [0.15, 0.2) is 4.77 Å². The van der Waals surface area contributed by atoms with Crippen LogP contribution in [0.4, 0.5) is 0 Å². The van der Waals surface area contributed by atoms with E-state index in [1.54, 1.807) is 11.3 Å². The fourth-order valence-corrected chi connectivity index (χ4v) is 3.80. The summed E-state index contributed by atoms with van der Waals surface area (Å²) < 4.78 is 6.18. The zero-order valence-corrected chi connectivity index (χ0v) is 14.7. The number of fused-ring (bicyclic) bond motifs is 1. The third-order valence-electron chi connectivity index (χ3n) is 4.19. The maximum absolute atomic E-state index is 12.1. The Balaban J connectivity index is 1.57. The predicted octanol–water partition coefficient (Wildman–Crippen LogP) is 3.02. The van der Waals surface area contributed by atoms with E-state index in [1.165, 1.54) is 0 Å². The number of aromatic nitrogens is 3. The lowest BCUT2D eigenvalue weighted by molar-refractivity contribution is 0.238. The van der Waals surface area contributed by atoms with Gasteiger partial charge in [-0.1, -0.05) is 6.07 Å². The molecule has 0 bridgehead atoms. The number of nitrogens with zero attached hydrogens (tertiary/aromatic N) is 2. The van der Waals surface area contributed by atoms with E-state index in [1.807, 2.05) is 24.4 Å². The molecule has 1 aliphatic rings. The molecule has 0 saturated carbocycles. The SMILES string of the molecule is Cc1oc(-c2cccs2)nc1CN1CCc2[nH]c(=S)[nH]c(=O)c2C1. The molecule has 3 aromatic rings. The molecule has 0 spiro atoms. The molecule has 3 aromatic heterocycles. The molecule has 4 heterocycles. The van der Waals surface area contributed by atoms with E-state index >= 15 is 0 Å². The van der Waals surface area contributed by atoms with Gasteiger partial charge in [-0.2, -0.15) is 0 Å². The van der Waals surface area contributed by atoms with Crippen molar-refractivity contribution in [3.05, 3.63) is 55.3 Å². The summed E-state index contributed by atoms with van der Waals surface area (Å²) in [5.74, 6) is 1.49. The van der Waals surface area contributed by atoms with Crippen LogP contribution < -0.4 is 5.56 Å². The summed E-state index contributed by atoms with van der Waals surface area (Å²) in [6, 6.07) is 3.98. The molecule has 2 N–H and O–H groups in total. The van der Waals surface area contributed by atoms with E-state index in [-0.39, 0.29) is 5.56 Å². The Bertz CT molecular complexity index is 984. The number of H-pyrrole nitrogens is 2. The van der Waals surface area contributed by atoms with Gasteiger partial charge in [0.2, 0.25) is 5.89 Å². The fraction of sp³-hybridized carbons (Fsp3) is 0.312. The van der Waals surface area contributed by atoms with Crippen molar-refractivity contribution in [2.45, 2.75) is 26.4 Å². The summed E-state index contributed by atoms with van der Waals surface area (Å²) in [6.45, 7) is 4.02. The highest BCUT2D eigenvalue weighted by Gasteiger charge is 2.22. The number of hydrogen-bond donors (Lipinski definition) is 2. The monoisotopic (exact) mass is 360 g/mol. The lowest BCUT2D eigenvalue weighted by Crippen LogP contribution is -2.35. The Morgan fingerprint density at radius 1 is 1.46 bits per heavy atom. The van der Waals surface area contributed by atoms with Crippen molar-refractivity contribution < 1.29 is 4.42 Å². The summed E-state index contributed by atoms with van der Waals surface area (Å²) >= 11 is 6.64. The van der Waals surface area contributed by atoms with Gasteiger partial charge in [-0.05, 0) is 30.6 Å². The molecule has 0 amide bonds. The zero-order valence-electron chi connectivity index (χ0n) is 13.1. The van der Waals surface area contributed by atoms with Crippen LogP contribution in [0, 0.1) is 11.7 Å². The lowest BCUT2D eigenvalue weighted by atomic mass is 10.1. The van der Waals surface area contributed by atoms with Crippen molar-refractivity contribution >= 4 is 23.6 Å². The topological polar surface area (TPSA) is 77.9 Å². The van der Waals surface area contributed by atoms with Gasteiger partial charge < -0.3 is 9.40 Å². The van der Waals surface area contributed by atoms with Crippen LogP contribution in [0.3, 0.4) is 0 Å². The van der Waals surface area contributed by atoms with Gasteiger partial charge in [-0.3, -0.25) is 14.7 Å². The molecule has 0 aliphatic carbocycles. The highest BCUT2D eigenvalue weighted by atomic mass is 32.1. The van der Waals surface area contributed by atoms with E-state index in [4.69, 9.17) is 16.6 Å². The first-order chi connectivity index (χ1) is 11.6. The molecular weight excluding hydrogens is 344 g/mol. The van der Waals surface area contributed by atoms with Crippen molar-refractivity contribution in [3.63, 3.8) is 0 Å². The number of oxazole rings is 1. The van der Waals surface area contributed by atoms with Crippen LogP contribution in [0.5, 0.6) is 0 Å². The van der Waals surface area contributed by atoms with Crippen LogP contribution in [0.15, 0.2) is 26.7 Å². The van der Waals surface area contributed by atoms with Crippen LogP contribution in [-0.4, -0.2) is 26.4 Å². The standard InChI is InChI=1S/C16H16N4O2S2/c1-9-12(17-15(22-9)13-3-2-6-24-13)8-20-5-4-11-10(7-20)14(21)19-16(23)18-11/h2-3,6H,4-5,7-8H2,1H3,(H2,18,19,21,23). The number of rotatable bonds is 3. The number of aromatic amines is 2. The molecule has 4 rings (SSSR count). The minimum atomic E-state index is -0.102. The second-order valence-corrected chi connectivity index (χ2v) is 7.18. The summed E-state index contributed by atoms with van der Waals surface area (Å²) in [7, 11) is 0. The van der Waals surface area contributed by atoms with Crippen LogP contribution in [-0.2, 0) is 19.5 Å². The van der Waals surface area contributed by atoms with Crippen molar-refractivity contribution in [1.29, 1.82) is 0 Å². The van der Waals surface area contributed by atoms with Crippen LogP contribution in [0.2, 0.25) is 0 Å². The molecular formula is C16H16N4O2S2. The van der Waals surface area contributed by atoms with Gasteiger partial charge in [0.1, 0.15) is 5.76 Å². The molecule has 0 aromatic carbocycles. The van der Waals surface area contributed by atoms with Gasteiger partial charge >= 0.3 is 0 Å². The average molecular weight is 360 g/mol. The molecule has 0 atom stereocenters. The normalized spacial score (nSPS) is 14.7. The Labute approximate surface area is 147 Å². The Morgan fingerprint density at radius 2 is 2.33 bits per heavy atom. The van der Waals surface area contributed by atoms with Gasteiger partial charge in [0.05, 0.1) is 16.1 Å². The first kappa shape index (κ1) is 15.5. The second kappa shape index (κ2) is 6.12. The van der Waals surface area contributed by atoms with Crippen molar-refractivity contribution in [3.8, 4) is 10.8 Å². The summed E-state index contributed by atoms with van der Waals surface area (Å²) in [6.07, 6.45) is 0.775. The first-order valence-corrected chi connectivity index (χ1v) is 8.96.